The van der Waals surface area contributed by atoms with Gasteiger partial charge in [-0.15, -0.1) is 0 Å². The van der Waals surface area contributed by atoms with Crippen molar-refractivity contribution >= 4 is 41.1 Å². The van der Waals surface area contributed by atoms with E-state index in [9.17, 15) is 18.0 Å². The van der Waals surface area contributed by atoms with E-state index in [0.717, 1.165) is 6.20 Å². The summed E-state index contributed by atoms with van der Waals surface area (Å²) in [6, 6.07) is 10.1. The number of aromatic nitrogens is 3. The molecule has 2 aromatic heterocycles. The molecule has 202 valence electrons. The Morgan fingerprint density at radius 3 is 2.68 bits per heavy atom. The molecule has 1 atom stereocenters. The standard InChI is InChI=1S/C25H28F3N7O2S/c1-16-15-37-12-11-35(16)23(36)17-6-8-19(9-7-17)32-24-31-14-20(25(26,27)28)21(33-24)30-13-18-5-4-10-29-22(18)34(2)38-3/h4-10,14,16H,11-13,15H2,1-3H3,(H2,30,31,32,33)/t16-/m0/s1. The van der Waals surface area contributed by atoms with Crippen LogP contribution in [-0.4, -0.2) is 64.9 Å². The molecular formula is C25H28F3N7O2S. The normalized spacial score (nSPS) is 15.7. The number of carbonyl (C=O) groups is 1. The van der Waals surface area contributed by atoms with E-state index in [4.69, 9.17) is 4.74 Å². The number of carbonyl (C=O) groups excluding carboxylic acids is 1. The first-order valence-corrected chi connectivity index (χ1v) is 13.0. The van der Waals surface area contributed by atoms with E-state index in [2.05, 4.69) is 25.6 Å². The highest BCUT2D eigenvalue weighted by molar-refractivity contribution is 7.99. The van der Waals surface area contributed by atoms with Gasteiger partial charge < -0.3 is 24.6 Å². The molecule has 0 saturated carbocycles. The Labute approximate surface area is 222 Å². The maximum absolute atomic E-state index is 13.7. The van der Waals surface area contributed by atoms with Gasteiger partial charge in [-0.1, -0.05) is 18.0 Å². The first-order chi connectivity index (χ1) is 18.2. The van der Waals surface area contributed by atoms with Crippen LogP contribution in [0, 0.1) is 0 Å². The van der Waals surface area contributed by atoms with Gasteiger partial charge in [0.25, 0.3) is 5.91 Å². The molecule has 3 aromatic rings. The Morgan fingerprint density at radius 2 is 2.00 bits per heavy atom. The highest BCUT2D eigenvalue weighted by Gasteiger charge is 2.35. The van der Waals surface area contributed by atoms with E-state index in [0.29, 0.717) is 42.4 Å². The second kappa shape index (κ2) is 11.9. The van der Waals surface area contributed by atoms with Crippen LogP contribution < -0.4 is 14.9 Å². The van der Waals surface area contributed by atoms with Gasteiger partial charge in [-0.2, -0.15) is 18.2 Å². The number of benzene rings is 1. The summed E-state index contributed by atoms with van der Waals surface area (Å²) < 4.78 is 48.3. The minimum atomic E-state index is -4.65. The Kier molecular flexibility index (Phi) is 8.57. The van der Waals surface area contributed by atoms with Crippen LogP contribution in [0.25, 0.3) is 0 Å². The fraction of sp³-hybridized carbons (Fsp3) is 0.360. The average molecular weight is 548 g/mol. The van der Waals surface area contributed by atoms with Gasteiger partial charge in [0, 0.05) is 55.6 Å². The molecule has 13 heteroatoms. The fourth-order valence-corrected chi connectivity index (χ4v) is 4.26. The first kappa shape index (κ1) is 27.5. The predicted molar refractivity (Wildman–Crippen MR) is 142 cm³/mol. The maximum Gasteiger partial charge on any atom is 0.421 e. The van der Waals surface area contributed by atoms with Gasteiger partial charge in [0.15, 0.2) is 0 Å². The van der Waals surface area contributed by atoms with E-state index in [-0.39, 0.29) is 30.3 Å². The molecule has 9 nitrogen and oxygen atoms in total. The lowest BCUT2D eigenvalue weighted by molar-refractivity contribution is -0.137. The van der Waals surface area contributed by atoms with Crippen LogP contribution in [0.2, 0.25) is 0 Å². The van der Waals surface area contributed by atoms with Crippen LogP contribution in [0.5, 0.6) is 0 Å². The summed E-state index contributed by atoms with van der Waals surface area (Å²) in [4.78, 5) is 26.9. The Bertz CT molecular complexity index is 1260. The minimum Gasteiger partial charge on any atom is -0.377 e. The Morgan fingerprint density at radius 1 is 1.24 bits per heavy atom. The maximum atomic E-state index is 13.7. The summed E-state index contributed by atoms with van der Waals surface area (Å²) in [6.45, 7) is 3.50. The number of pyridine rings is 1. The van der Waals surface area contributed by atoms with Crippen LogP contribution in [0.4, 0.5) is 36.4 Å². The van der Waals surface area contributed by atoms with Crippen LogP contribution in [0.15, 0.2) is 48.8 Å². The summed E-state index contributed by atoms with van der Waals surface area (Å²) in [5.74, 6) is 0.153. The molecule has 1 aliphatic heterocycles. The summed E-state index contributed by atoms with van der Waals surface area (Å²) in [5.41, 5.74) is 0.758. The molecular weight excluding hydrogens is 519 g/mol. The highest BCUT2D eigenvalue weighted by Crippen LogP contribution is 2.34. The number of hydrogen-bond acceptors (Lipinski definition) is 9. The van der Waals surface area contributed by atoms with Crippen molar-refractivity contribution in [2.75, 3.05) is 48.0 Å². The smallest absolute Gasteiger partial charge is 0.377 e. The molecule has 0 spiro atoms. The molecule has 0 radical (unpaired) electrons. The lowest BCUT2D eigenvalue weighted by Gasteiger charge is -2.33. The highest BCUT2D eigenvalue weighted by atomic mass is 32.2. The van der Waals surface area contributed by atoms with E-state index < -0.39 is 11.7 Å². The van der Waals surface area contributed by atoms with Gasteiger partial charge in [-0.25, -0.2) is 9.97 Å². The zero-order valence-electron chi connectivity index (χ0n) is 21.1. The Balaban J connectivity index is 1.51. The van der Waals surface area contributed by atoms with Crippen molar-refractivity contribution in [3.63, 3.8) is 0 Å². The molecule has 0 bridgehead atoms. The monoisotopic (exact) mass is 547 g/mol. The molecule has 3 heterocycles. The van der Waals surface area contributed by atoms with Crippen molar-refractivity contribution in [1.82, 2.24) is 19.9 Å². The number of hydrogen-bond donors (Lipinski definition) is 2. The van der Waals surface area contributed by atoms with E-state index in [1.54, 1.807) is 47.5 Å². The lowest BCUT2D eigenvalue weighted by Crippen LogP contribution is -2.47. The fourth-order valence-electron chi connectivity index (χ4n) is 3.92. The number of nitrogens with zero attached hydrogens (tertiary/aromatic N) is 5. The molecule has 1 aromatic carbocycles. The molecule has 1 aliphatic rings. The van der Waals surface area contributed by atoms with Gasteiger partial charge in [0.2, 0.25) is 5.95 Å². The van der Waals surface area contributed by atoms with E-state index >= 15 is 0 Å². The number of amides is 1. The number of halogens is 3. The SMILES string of the molecule is CSN(C)c1ncccc1CNc1nc(Nc2ccc(C(=O)N3CCOC[C@@H]3C)cc2)ncc1C(F)(F)F. The van der Waals surface area contributed by atoms with Crippen LogP contribution in [0.3, 0.4) is 0 Å². The van der Waals surface area contributed by atoms with Crippen molar-refractivity contribution in [3.8, 4) is 0 Å². The molecule has 1 fully saturated rings. The quantitative estimate of drug-likeness (QED) is 0.385. The van der Waals surface area contributed by atoms with Crippen molar-refractivity contribution < 1.29 is 22.7 Å². The third-order valence-electron chi connectivity index (χ3n) is 6.00. The molecule has 0 unspecified atom stereocenters. The molecule has 2 N–H and O–H groups in total. The van der Waals surface area contributed by atoms with Crippen LogP contribution >= 0.6 is 11.9 Å². The summed E-state index contributed by atoms with van der Waals surface area (Å²) in [7, 11) is 1.82. The van der Waals surface area contributed by atoms with Crippen molar-refractivity contribution in [3.05, 3.63) is 65.5 Å². The number of rotatable bonds is 8. The second-order valence-electron chi connectivity index (χ2n) is 8.60. The largest absolute Gasteiger partial charge is 0.421 e. The van der Waals surface area contributed by atoms with Crippen molar-refractivity contribution in [2.24, 2.45) is 0 Å². The third-order valence-corrected chi connectivity index (χ3v) is 6.72. The van der Waals surface area contributed by atoms with Crippen LogP contribution in [0.1, 0.15) is 28.4 Å². The zero-order valence-corrected chi connectivity index (χ0v) is 21.9. The predicted octanol–water partition coefficient (Wildman–Crippen LogP) is 4.82. The number of nitrogens with one attached hydrogen (secondary N) is 2. The molecule has 4 rings (SSSR count). The van der Waals surface area contributed by atoms with Gasteiger partial charge in [-0.05, 0) is 37.3 Å². The zero-order chi connectivity index (χ0) is 27.3. The molecule has 38 heavy (non-hydrogen) atoms. The van der Waals surface area contributed by atoms with Crippen LogP contribution in [-0.2, 0) is 17.5 Å². The average Bonchev–Trinajstić information content (AvgIpc) is 2.91. The van der Waals surface area contributed by atoms with Gasteiger partial charge in [-0.3, -0.25) is 4.79 Å². The van der Waals surface area contributed by atoms with E-state index in [1.165, 1.54) is 11.9 Å². The van der Waals surface area contributed by atoms with E-state index in [1.807, 2.05) is 24.5 Å². The van der Waals surface area contributed by atoms with Crippen molar-refractivity contribution in [1.29, 1.82) is 0 Å². The number of ether oxygens (including phenoxy) is 1. The number of anilines is 4. The second-order valence-corrected chi connectivity index (χ2v) is 9.51. The molecule has 1 amide bonds. The first-order valence-electron chi connectivity index (χ1n) is 11.8. The Hall–Kier alpha value is -3.58. The summed E-state index contributed by atoms with van der Waals surface area (Å²) in [5, 5.41) is 5.71. The topological polar surface area (TPSA) is 95.5 Å². The summed E-state index contributed by atoms with van der Waals surface area (Å²) >= 11 is 1.43. The minimum absolute atomic E-state index is 0.0194. The van der Waals surface area contributed by atoms with Gasteiger partial charge >= 0.3 is 6.18 Å². The molecule has 0 aliphatic carbocycles. The lowest BCUT2D eigenvalue weighted by atomic mass is 10.1. The van der Waals surface area contributed by atoms with Gasteiger partial charge in [0.05, 0.1) is 19.3 Å². The number of morpholine rings is 1. The van der Waals surface area contributed by atoms with Gasteiger partial charge in [0.1, 0.15) is 17.2 Å². The summed E-state index contributed by atoms with van der Waals surface area (Å²) in [6.07, 6.45) is -0.401. The molecule has 1 saturated heterocycles. The third kappa shape index (κ3) is 6.45. The van der Waals surface area contributed by atoms with Crippen molar-refractivity contribution in [2.45, 2.75) is 25.7 Å². The number of alkyl halides is 3.